The monoisotopic (exact) mass is 374 g/mol. The summed E-state index contributed by atoms with van der Waals surface area (Å²) in [5, 5.41) is 7.58. The first-order valence-corrected chi connectivity index (χ1v) is 8.47. The standard InChI is InChI=1S/C21H18N4O3/c1-14-5-4-6-15(13-14)21(27)28-25-17-11-9-16(10-12-17)23-24-20(26)18-7-2-3-8-19(18)22/h2-13,25H,22H2,1H3. The maximum Gasteiger partial charge on any atom is 0.362 e. The molecule has 0 saturated heterocycles. The molecular weight excluding hydrogens is 356 g/mol. The van der Waals surface area contributed by atoms with Gasteiger partial charge in [-0.25, -0.2) is 10.3 Å². The van der Waals surface area contributed by atoms with E-state index in [4.69, 9.17) is 10.6 Å². The number of benzene rings is 3. The number of hydrogen-bond donors (Lipinski definition) is 2. The molecule has 0 saturated carbocycles. The largest absolute Gasteiger partial charge is 0.398 e. The van der Waals surface area contributed by atoms with Crippen LogP contribution in [0.5, 0.6) is 0 Å². The van der Waals surface area contributed by atoms with Crippen LogP contribution in [0.1, 0.15) is 26.3 Å². The fourth-order valence-corrected chi connectivity index (χ4v) is 2.38. The molecule has 0 bridgehead atoms. The normalized spacial score (nSPS) is 10.6. The molecule has 0 unspecified atom stereocenters. The van der Waals surface area contributed by atoms with Crippen molar-refractivity contribution in [1.82, 2.24) is 0 Å². The fourth-order valence-electron chi connectivity index (χ4n) is 2.38. The van der Waals surface area contributed by atoms with Gasteiger partial charge in [0, 0.05) is 5.69 Å². The average Bonchev–Trinajstić information content (AvgIpc) is 2.71. The van der Waals surface area contributed by atoms with Gasteiger partial charge in [-0.15, -0.1) is 10.2 Å². The highest BCUT2D eigenvalue weighted by molar-refractivity contribution is 5.99. The van der Waals surface area contributed by atoms with Crippen molar-refractivity contribution in [1.29, 1.82) is 0 Å². The van der Waals surface area contributed by atoms with Crippen LogP contribution in [-0.2, 0) is 4.84 Å². The minimum Gasteiger partial charge on any atom is -0.398 e. The molecule has 0 aliphatic carbocycles. The number of carbonyl (C=O) groups is 2. The van der Waals surface area contributed by atoms with E-state index >= 15 is 0 Å². The second-order valence-electron chi connectivity index (χ2n) is 6.00. The third-order valence-electron chi connectivity index (χ3n) is 3.83. The Morgan fingerprint density at radius 2 is 1.71 bits per heavy atom. The smallest absolute Gasteiger partial charge is 0.362 e. The highest BCUT2D eigenvalue weighted by Gasteiger charge is 2.08. The third kappa shape index (κ3) is 4.79. The van der Waals surface area contributed by atoms with Crippen LogP contribution in [0.4, 0.5) is 17.1 Å². The van der Waals surface area contributed by atoms with Crippen molar-refractivity contribution in [3.05, 3.63) is 89.5 Å². The van der Waals surface area contributed by atoms with Crippen molar-refractivity contribution in [3.63, 3.8) is 0 Å². The molecule has 0 aromatic heterocycles. The van der Waals surface area contributed by atoms with Crippen LogP contribution in [0.25, 0.3) is 0 Å². The van der Waals surface area contributed by atoms with Gasteiger partial charge in [-0.1, -0.05) is 29.8 Å². The molecule has 1 amide bonds. The number of nitrogens with zero attached hydrogens (tertiary/aromatic N) is 2. The van der Waals surface area contributed by atoms with Gasteiger partial charge in [0.05, 0.1) is 22.5 Å². The number of aryl methyl sites for hydroxylation is 1. The van der Waals surface area contributed by atoms with Crippen molar-refractivity contribution < 1.29 is 14.4 Å². The highest BCUT2D eigenvalue weighted by Crippen LogP contribution is 2.19. The van der Waals surface area contributed by atoms with E-state index < -0.39 is 11.9 Å². The minimum absolute atomic E-state index is 0.299. The van der Waals surface area contributed by atoms with Crippen LogP contribution in [0, 0.1) is 6.92 Å². The number of para-hydroxylation sites is 1. The summed E-state index contributed by atoms with van der Waals surface area (Å²) in [5.74, 6) is -1.01. The lowest BCUT2D eigenvalue weighted by atomic mass is 10.1. The zero-order valence-electron chi connectivity index (χ0n) is 15.1. The molecule has 0 aliphatic rings. The summed E-state index contributed by atoms with van der Waals surface area (Å²) < 4.78 is 0. The van der Waals surface area contributed by atoms with E-state index in [9.17, 15) is 9.59 Å². The summed E-state index contributed by atoms with van der Waals surface area (Å²) >= 11 is 0. The molecule has 7 nitrogen and oxygen atoms in total. The van der Waals surface area contributed by atoms with E-state index in [1.165, 1.54) is 0 Å². The number of nitrogens with one attached hydrogen (secondary N) is 1. The number of rotatable bonds is 5. The molecule has 3 aromatic carbocycles. The molecule has 0 spiro atoms. The second kappa shape index (κ2) is 8.59. The highest BCUT2D eigenvalue weighted by atomic mass is 16.7. The number of nitrogen functional groups attached to an aromatic ring is 1. The molecule has 28 heavy (non-hydrogen) atoms. The Morgan fingerprint density at radius 3 is 2.43 bits per heavy atom. The van der Waals surface area contributed by atoms with E-state index in [1.807, 2.05) is 13.0 Å². The molecule has 3 aromatic rings. The van der Waals surface area contributed by atoms with Gasteiger partial charge < -0.3 is 10.6 Å². The number of carbonyl (C=O) groups excluding carboxylic acids is 2. The average molecular weight is 374 g/mol. The van der Waals surface area contributed by atoms with Gasteiger partial charge >= 0.3 is 5.97 Å². The summed E-state index contributed by atoms with van der Waals surface area (Å²) in [6.07, 6.45) is 0. The van der Waals surface area contributed by atoms with Crippen molar-refractivity contribution >= 4 is 28.9 Å². The van der Waals surface area contributed by atoms with E-state index in [2.05, 4.69) is 15.7 Å². The molecule has 0 radical (unpaired) electrons. The van der Waals surface area contributed by atoms with Gasteiger partial charge in [-0.2, -0.15) is 0 Å². The van der Waals surface area contributed by atoms with Gasteiger partial charge in [0.2, 0.25) is 0 Å². The van der Waals surface area contributed by atoms with Gasteiger partial charge in [-0.3, -0.25) is 4.79 Å². The predicted molar refractivity (Wildman–Crippen MR) is 106 cm³/mol. The quantitative estimate of drug-likeness (QED) is 0.383. The molecule has 0 aliphatic heterocycles. The maximum absolute atomic E-state index is 12.0. The lowest BCUT2D eigenvalue weighted by molar-refractivity contribution is 0.0596. The Bertz CT molecular complexity index is 1030. The summed E-state index contributed by atoms with van der Waals surface area (Å²) in [6.45, 7) is 1.90. The van der Waals surface area contributed by atoms with Crippen LogP contribution in [-0.4, -0.2) is 11.9 Å². The Balaban J connectivity index is 1.58. The van der Waals surface area contributed by atoms with Crippen LogP contribution < -0.4 is 11.2 Å². The number of azo groups is 1. The van der Waals surface area contributed by atoms with Gasteiger partial charge in [-0.05, 0) is 55.5 Å². The first-order valence-electron chi connectivity index (χ1n) is 8.47. The second-order valence-corrected chi connectivity index (χ2v) is 6.00. The molecule has 7 heteroatoms. The minimum atomic E-state index is -0.521. The summed E-state index contributed by atoms with van der Waals surface area (Å²) in [5.41, 5.74) is 11.4. The van der Waals surface area contributed by atoms with Gasteiger partial charge in [0.1, 0.15) is 0 Å². The Kier molecular flexibility index (Phi) is 5.76. The van der Waals surface area contributed by atoms with Gasteiger partial charge in [0.15, 0.2) is 0 Å². The topological polar surface area (TPSA) is 106 Å². The zero-order chi connectivity index (χ0) is 19.9. The number of nitrogens with two attached hydrogens (primary N) is 1. The molecule has 140 valence electrons. The zero-order valence-corrected chi connectivity index (χ0v) is 15.1. The number of hydrogen-bond acceptors (Lipinski definition) is 6. The Labute approximate surface area is 161 Å². The van der Waals surface area contributed by atoms with E-state index in [0.29, 0.717) is 28.2 Å². The fraction of sp³-hybridized carbons (Fsp3) is 0.0476. The molecule has 3 N–H and O–H groups in total. The van der Waals surface area contributed by atoms with Crippen molar-refractivity contribution in [2.75, 3.05) is 11.2 Å². The van der Waals surface area contributed by atoms with Crippen molar-refractivity contribution in [3.8, 4) is 0 Å². The number of anilines is 2. The lowest BCUT2D eigenvalue weighted by Crippen LogP contribution is -2.10. The molecule has 3 rings (SSSR count). The van der Waals surface area contributed by atoms with E-state index in [0.717, 1.165) is 5.56 Å². The van der Waals surface area contributed by atoms with Crippen LogP contribution in [0.2, 0.25) is 0 Å². The molecule has 0 heterocycles. The Morgan fingerprint density at radius 1 is 0.964 bits per heavy atom. The van der Waals surface area contributed by atoms with Crippen molar-refractivity contribution in [2.24, 2.45) is 10.2 Å². The first-order chi connectivity index (χ1) is 13.5. The van der Waals surface area contributed by atoms with Crippen LogP contribution in [0.15, 0.2) is 83.0 Å². The third-order valence-corrected chi connectivity index (χ3v) is 3.83. The predicted octanol–water partition coefficient (Wildman–Crippen LogP) is 4.69. The Hall–Kier alpha value is -4.00. The maximum atomic E-state index is 12.0. The van der Waals surface area contributed by atoms with E-state index in [1.54, 1.807) is 66.7 Å². The van der Waals surface area contributed by atoms with Gasteiger partial charge in [0.25, 0.3) is 5.91 Å². The molecule has 0 fully saturated rings. The van der Waals surface area contributed by atoms with E-state index in [-0.39, 0.29) is 0 Å². The first kappa shape index (κ1) is 18.8. The van der Waals surface area contributed by atoms with Crippen LogP contribution >= 0.6 is 0 Å². The molecular formula is C21H18N4O3. The number of amides is 1. The molecule has 0 atom stereocenters. The van der Waals surface area contributed by atoms with Crippen molar-refractivity contribution in [2.45, 2.75) is 6.92 Å². The van der Waals surface area contributed by atoms with Crippen LogP contribution in [0.3, 0.4) is 0 Å². The SMILES string of the molecule is Cc1cccc(C(=O)ONc2ccc(N=NC(=O)c3ccccc3N)cc2)c1. The summed E-state index contributed by atoms with van der Waals surface area (Å²) in [7, 11) is 0. The lowest BCUT2D eigenvalue weighted by Gasteiger charge is -2.07. The summed E-state index contributed by atoms with van der Waals surface area (Å²) in [4.78, 5) is 29.1. The summed E-state index contributed by atoms with van der Waals surface area (Å²) in [6, 6.07) is 20.3.